The van der Waals surface area contributed by atoms with Crippen LogP contribution in [0.4, 0.5) is 11.8 Å². The van der Waals surface area contributed by atoms with E-state index < -0.39 is 57.3 Å². The van der Waals surface area contributed by atoms with Crippen molar-refractivity contribution in [2.75, 3.05) is 17.7 Å². The third-order valence-corrected chi connectivity index (χ3v) is 4.78. The van der Waals surface area contributed by atoms with Crippen molar-refractivity contribution in [2.45, 2.75) is 37.3 Å². The number of aliphatic hydroxyl groups excluding tert-OH is 1. The second-order valence-electron chi connectivity index (χ2n) is 6.52. The average molecular weight is 458 g/mol. The molecule has 0 aromatic carbocycles. The van der Waals surface area contributed by atoms with Crippen LogP contribution in [-0.2, 0) is 23.4 Å². The third kappa shape index (κ3) is 5.43. The van der Waals surface area contributed by atoms with Gasteiger partial charge in [0, 0.05) is 18.8 Å². The summed E-state index contributed by atoms with van der Waals surface area (Å²) in [5, 5.41) is 34.4. The van der Waals surface area contributed by atoms with E-state index in [1.54, 1.807) is 0 Å². The first-order valence-electron chi connectivity index (χ1n) is 8.62. The number of imidazole rings is 1. The van der Waals surface area contributed by atoms with Crippen molar-refractivity contribution in [3.63, 3.8) is 0 Å². The van der Waals surface area contributed by atoms with Gasteiger partial charge in [0.25, 0.3) is 0 Å². The Bertz CT molecular complexity index is 1040. The minimum Gasteiger partial charge on any atom is -0.790 e. The lowest BCUT2D eigenvalue weighted by atomic mass is 10.2. The number of aliphatic hydroxyl groups is 1. The SMILES string of the molecule is Nc1nc(N[C@@H](CC(=O)[O-])C(=O)[O-])c2ncn([C@H]3C[C@H](O)[C@@H](COP(=O)([O-])[O-])O3)c2n1. The van der Waals surface area contributed by atoms with Crippen molar-refractivity contribution in [1.29, 1.82) is 0 Å². The van der Waals surface area contributed by atoms with Gasteiger partial charge in [0.05, 0.1) is 38.9 Å². The highest BCUT2D eigenvalue weighted by Crippen LogP contribution is 2.34. The monoisotopic (exact) mass is 458 g/mol. The molecule has 0 amide bonds. The van der Waals surface area contributed by atoms with E-state index >= 15 is 0 Å². The van der Waals surface area contributed by atoms with Gasteiger partial charge in [-0.2, -0.15) is 9.97 Å². The van der Waals surface area contributed by atoms with Gasteiger partial charge in [-0.3, -0.25) is 4.57 Å². The number of rotatable bonds is 9. The summed E-state index contributed by atoms with van der Waals surface area (Å²) in [7, 11) is -5.26. The predicted molar refractivity (Wildman–Crippen MR) is 89.9 cm³/mol. The second-order valence-corrected chi connectivity index (χ2v) is 7.67. The highest BCUT2D eigenvalue weighted by Gasteiger charge is 2.36. The Morgan fingerprint density at radius 3 is 2.74 bits per heavy atom. The van der Waals surface area contributed by atoms with E-state index in [2.05, 4.69) is 24.8 Å². The van der Waals surface area contributed by atoms with Crippen LogP contribution in [0, 0.1) is 0 Å². The predicted octanol–water partition coefficient (Wildman–Crippen LogP) is -5.43. The molecule has 0 spiro atoms. The van der Waals surface area contributed by atoms with Crippen molar-refractivity contribution < 1.29 is 48.5 Å². The first-order valence-corrected chi connectivity index (χ1v) is 10.1. The van der Waals surface area contributed by atoms with Crippen molar-refractivity contribution in [3.05, 3.63) is 6.33 Å². The molecule has 0 unspecified atom stereocenters. The van der Waals surface area contributed by atoms with E-state index in [-0.39, 0.29) is 29.4 Å². The molecule has 1 fully saturated rings. The molecule has 2 aromatic rings. The number of hydrogen-bond acceptors (Lipinski definition) is 15. The fraction of sp³-hybridized carbons (Fsp3) is 0.500. The summed E-state index contributed by atoms with van der Waals surface area (Å²) >= 11 is 0. The minimum absolute atomic E-state index is 0.000190. The van der Waals surface area contributed by atoms with E-state index in [4.69, 9.17) is 10.5 Å². The Morgan fingerprint density at radius 2 is 2.13 bits per heavy atom. The standard InChI is InChI=1S/C14H19N6O10P/c15-14-18-11(17-5(13(24)25)1-9(22)23)10-12(19-14)20(4-16-10)8-2-6(21)7(30-8)3-29-31(26,27)28/h4-8,21H,1-3H2,(H,22,23)(H,24,25)(H2,26,27,28)(H3,15,17,18,19)/p-4/t5-,6-,7+,8+/m0/s1. The van der Waals surface area contributed by atoms with Crippen molar-refractivity contribution in [2.24, 2.45) is 0 Å². The number of nitrogens with one attached hydrogen (secondary N) is 1. The lowest BCUT2D eigenvalue weighted by Crippen LogP contribution is -2.44. The number of phosphoric acid groups is 1. The van der Waals surface area contributed by atoms with E-state index in [1.165, 1.54) is 10.9 Å². The fourth-order valence-corrected chi connectivity index (χ4v) is 3.30. The van der Waals surface area contributed by atoms with Gasteiger partial charge < -0.3 is 59.6 Å². The summed E-state index contributed by atoms with van der Waals surface area (Å²) in [6.07, 6.45) is -3.01. The number of ether oxygens (including phenoxy) is 1. The van der Waals surface area contributed by atoms with Gasteiger partial charge in [-0.1, -0.05) is 0 Å². The van der Waals surface area contributed by atoms with Crippen molar-refractivity contribution in [3.8, 4) is 0 Å². The Morgan fingerprint density at radius 1 is 1.42 bits per heavy atom. The fourth-order valence-electron chi connectivity index (χ4n) is 2.97. The molecule has 17 heteroatoms. The van der Waals surface area contributed by atoms with Crippen LogP contribution in [0.1, 0.15) is 19.1 Å². The first kappa shape index (κ1) is 22.8. The molecule has 3 heterocycles. The third-order valence-electron chi connectivity index (χ3n) is 4.32. The molecular weight excluding hydrogens is 443 g/mol. The molecule has 3 rings (SSSR count). The van der Waals surface area contributed by atoms with Crippen molar-refractivity contribution >= 4 is 42.7 Å². The van der Waals surface area contributed by atoms with Gasteiger partial charge in [0.2, 0.25) is 5.95 Å². The zero-order valence-electron chi connectivity index (χ0n) is 15.4. The molecule has 2 aromatic heterocycles. The van der Waals surface area contributed by atoms with Crippen LogP contribution < -0.4 is 31.1 Å². The number of aliphatic carboxylic acids is 2. The molecule has 0 aliphatic carbocycles. The number of carboxylic acid groups (broad SMARTS) is 2. The molecule has 4 N–H and O–H groups in total. The number of hydrogen-bond donors (Lipinski definition) is 3. The summed E-state index contributed by atoms with van der Waals surface area (Å²) in [4.78, 5) is 55.1. The van der Waals surface area contributed by atoms with E-state index in [0.717, 1.165) is 0 Å². The van der Waals surface area contributed by atoms with Crippen LogP contribution in [0.15, 0.2) is 6.33 Å². The smallest absolute Gasteiger partial charge is 0.224 e. The summed E-state index contributed by atoms with van der Waals surface area (Å²) in [6, 6.07) is -1.70. The zero-order valence-corrected chi connectivity index (χ0v) is 16.3. The zero-order chi connectivity index (χ0) is 22.9. The van der Waals surface area contributed by atoms with Gasteiger partial charge in [0.15, 0.2) is 17.0 Å². The Labute approximate surface area is 172 Å². The lowest BCUT2D eigenvalue weighted by molar-refractivity contribution is -0.343. The number of nitrogens with zero attached hydrogens (tertiary/aromatic N) is 4. The van der Waals surface area contributed by atoms with E-state index in [1.807, 2.05) is 0 Å². The lowest BCUT2D eigenvalue weighted by Gasteiger charge is -2.30. The van der Waals surface area contributed by atoms with E-state index in [0.29, 0.717) is 0 Å². The van der Waals surface area contributed by atoms with Crippen LogP contribution in [0.25, 0.3) is 11.2 Å². The highest BCUT2D eigenvalue weighted by molar-refractivity contribution is 7.43. The normalized spacial score (nSPS) is 22.5. The number of aromatic nitrogens is 4. The Balaban J connectivity index is 1.86. The largest absolute Gasteiger partial charge is 0.790 e. The number of phosphoric ester groups is 1. The number of carboxylic acids is 2. The maximum Gasteiger partial charge on any atom is 0.224 e. The van der Waals surface area contributed by atoms with Gasteiger partial charge in [-0.25, -0.2) is 4.98 Å². The van der Waals surface area contributed by atoms with Crippen LogP contribution in [0.5, 0.6) is 0 Å². The van der Waals surface area contributed by atoms with Crippen molar-refractivity contribution in [1.82, 2.24) is 19.5 Å². The number of anilines is 2. The first-order chi connectivity index (χ1) is 14.4. The molecule has 170 valence electrons. The molecule has 31 heavy (non-hydrogen) atoms. The maximum absolute atomic E-state index is 11.2. The molecule has 1 aliphatic heterocycles. The molecular formula is C14H15N6O10P-4. The topological polar surface area (TPSA) is 264 Å². The Kier molecular flexibility index (Phi) is 6.40. The van der Waals surface area contributed by atoms with Crippen LogP contribution >= 0.6 is 7.82 Å². The number of nitrogens with two attached hydrogens (primary N) is 1. The van der Waals surface area contributed by atoms with Gasteiger partial charge >= 0.3 is 0 Å². The molecule has 4 atom stereocenters. The summed E-state index contributed by atoms with van der Waals surface area (Å²) in [6.45, 7) is -0.699. The summed E-state index contributed by atoms with van der Waals surface area (Å²) in [5.41, 5.74) is 5.69. The van der Waals surface area contributed by atoms with E-state index in [9.17, 15) is 39.3 Å². The molecule has 0 saturated carbocycles. The number of nitrogen functional groups attached to an aromatic ring is 1. The van der Waals surface area contributed by atoms with Crippen LogP contribution in [0.2, 0.25) is 0 Å². The maximum atomic E-state index is 11.2. The second kappa shape index (κ2) is 8.70. The van der Waals surface area contributed by atoms with Crippen LogP contribution in [0.3, 0.4) is 0 Å². The average Bonchev–Trinajstić information content (AvgIpc) is 3.21. The summed E-state index contributed by atoms with van der Waals surface area (Å²) < 4.78 is 21.6. The molecule has 0 bridgehead atoms. The summed E-state index contributed by atoms with van der Waals surface area (Å²) in [5.74, 6) is -3.89. The number of carbonyl (C=O) groups is 2. The minimum atomic E-state index is -5.26. The van der Waals surface area contributed by atoms with Gasteiger partial charge in [-0.15, -0.1) is 0 Å². The highest BCUT2D eigenvalue weighted by atomic mass is 31.2. The molecule has 0 radical (unpaired) electrons. The molecule has 16 nitrogen and oxygen atoms in total. The molecule has 1 aliphatic rings. The van der Waals surface area contributed by atoms with Gasteiger partial charge in [-0.05, 0) is 0 Å². The molecule has 1 saturated heterocycles. The Hall–Kier alpha value is -2.88. The van der Waals surface area contributed by atoms with Gasteiger partial charge in [0.1, 0.15) is 12.3 Å². The number of fused-ring (bicyclic) bond motifs is 1. The van der Waals surface area contributed by atoms with Crippen LogP contribution in [-0.4, -0.2) is 61.4 Å². The quantitative estimate of drug-likeness (QED) is 0.296. The number of carbonyl (C=O) groups excluding carboxylic acids is 2.